The summed E-state index contributed by atoms with van der Waals surface area (Å²) in [6.07, 6.45) is -85.3. The van der Waals surface area contributed by atoms with Gasteiger partial charge in [-0.15, -0.1) is 0 Å². The van der Waals surface area contributed by atoms with Crippen LogP contribution >= 0.6 is 0 Å². The summed E-state index contributed by atoms with van der Waals surface area (Å²) in [5.41, 5.74) is 0. The fourth-order valence-electron chi connectivity index (χ4n) is 13.9. The summed E-state index contributed by atoms with van der Waals surface area (Å²) in [4.78, 5) is 38.4. The maximum atomic E-state index is 12.9. The lowest BCUT2D eigenvalue weighted by molar-refractivity contribution is -0.391. The summed E-state index contributed by atoms with van der Waals surface area (Å²) in [5, 5.41) is 291. The Morgan fingerprint density at radius 2 is 0.495 bits per heavy atom. The highest BCUT2D eigenvalue weighted by Crippen LogP contribution is 2.39. The van der Waals surface area contributed by atoms with E-state index in [4.69, 9.17) is 80.5 Å². The first-order valence-corrected chi connectivity index (χ1v) is 34.6. The molecule has 109 heavy (non-hydrogen) atoms. The van der Waals surface area contributed by atoms with Crippen molar-refractivity contribution < 1.29 is 228 Å². The fourth-order valence-corrected chi connectivity index (χ4v) is 13.9. The molecule has 0 radical (unpaired) electrons. The molecule has 0 aromatic rings. The van der Waals surface area contributed by atoms with Gasteiger partial charge < -0.3 is 229 Å². The van der Waals surface area contributed by atoms with Crippen LogP contribution in [0.1, 0.15) is 20.8 Å². The molecular weight excluding hydrogens is 1500 g/mol. The van der Waals surface area contributed by atoms with E-state index >= 15 is 0 Å². The Morgan fingerprint density at radius 1 is 0.239 bits per heavy atom. The SMILES string of the molecule is CC(=O)N[C@H]1[C@H](OC[C@H]2O[C@H](OC[C@H]3OC(O)[C@@H](O)[C@@H](O[C@H]4O[C@H](CO)[C@@H](O)[C@H](O)[C@@H]4O[C@@H]4O[C@H](CO)[C@@H](O[C@@H]5O[C@H](CO)[C@H](O)[C@H](O)[C@H]5O)[C@H](O)[C@H]4NC(C)=O)[C@@H]3O)[C@@H](O[C@@H]3O[C@H](CO)[C@@H](O[C@@H]4O[C@H](CO)[C@H](O)[C@H](O)[C@H]4O)[C@H](O)[C@H]3NC(C)=O)[C@@H](O)[C@@H]2O)O[C@H](CO)[C@@H](O[C@@H]2O[C@H](CO)[C@H](O)[C@H](O)[C@H]2O)[C@@H]1O. The molecule has 0 spiro atoms. The van der Waals surface area contributed by atoms with Crippen LogP contribution in [0.2, 0.25) is 0 Å². The lowest BCUT2D eigenvalue weighted by Crippen LogP contribution is -2.70. The number of hydrogen-bond acceptors (Lipinski definition) is 46. The van der Waals surface area contributed by atoms with Gasteiger partial charge in [-0.25, -0.2) is 0 Å². The summed E-state index contributed by atoms with van der Waals surface area (Å²) < 4.78 is 99.1. The lowest BCUT2D eigenvalue weighted by atomic mass is 9.94. The summed E-state index contributed by atoms with van der Waals surface area (Å²) in [7, 11) is 0. The topological polar surface area (TPSA) is 770 Å². The highest BCUT2D eigenvalue weighted by molar-refractivity contribution is 5.74. The van der Waals surface area contributed by atoms with Gasteiger partial charge in [0, 0.05) is 20.8 Å². The maximum absolute atomic E-state index is 12.9. The van der Waals surface area contributed by atoms with Crippen LogP contribution in [0.15, 0.2) is 0 Å². The molecule has 29 N–H and O–H groups in total. The second-order valence-electron chi connectivity index (χ2n) is 27.5. The number of nitrogens with one attached hydrogen (secondary N) is 3. The predicted octanol–water partition coefficient (Wildman–Crippen LogP) is -20.2. The standard InChI is InChI=1S/C60H101N3O46/c1-13(71)61-25-34(80)46(104-56-42(88)37(83)28(74)16(4-64)96-56)20(8-68)100-53(25)93-11-23-32(78)41(87)50(108-54-26(62-14(2)72)35(81)47(21(9-69)101-54)105-57-43(89)38(84)29(75)17(5-65)97-57)59(103-23)94-12-24-33(79)49(45(91)52(92)95-24)107-60-51(40(86)31(77)19(7-67)99-60)109-55-27(63-15(3)73)36(82)48(22(10-70)102-55)106-58-44(90)39(85)30(76)18(6-66)98-58/h16-60,64-70,74-92H,4-12H2,1-3H3,(H,61,71)(H,62,72)(H,63,73)/t16-,17-,18-,19-,20-,21-,22-,23-,24-,25-,26-,27-,28+,29+,30+,31-,32-,33-,34-,35-,36-,37+,38+,39+,40+,41+,42-,43-,44-,45+,46-,47-,48-,49+,50+,51+,52?,53-,54+,55+,56+,57+,58+,59+,60-/m1/s1. The van der Waals surface area contributed by atoms with Crippen molar-refractivity contribution in [3.05, 3.63) is 0 Å². The zero-order valence-corrected chi connectivity index (χ0v) is 58.1. The average molecular weight is 1600 g/mol. The largest absolute Gasteiger partial charge is 0.394 e. The molecule has 0 aliphatic carbocycles. The van der Waals surface area contributed by atoms with Crippen LogP contribution in [-0.4, -0.2) is 486 Å². The second kappa shape index (κ2) is 39.1. The van der Waals surface area contributed by atoms with Gasteiger partial charge in [0.15, 0.2) is 56.6 Å². The fraction of sp³-hybridized carbons (Fsp3) is 0.950. The monoisotopic (exact) mass is 1600 g/mol. The Bertz CT molecular complexity index is 2840. The first kappa shape index (κ1) is 89.6. The van der Waals surface area contributed by atoms with Gasteiger partial charge in [0.05, 0.1) is 59.5 Å². The van der Waals surface area contributed by atoms with Gasteiger partial charge in [-0.05, 0) is 0 Å². The molecule has 49 nitrogen and oxygen atoms in total. The van der Waals surface area contributed by atoms with Crippen LogP contribution < -0.4 is 16.0 Å². The first-order chi connectivity index (χ1) is 51.6. The molecule has 3 amide bonds. The summed E-state index contributed by atoms with van der Waals surface area (Å²) in [6, 6.07) is -5.57. The van der Waals surface area contributed by atoms with Crippen LogP contribution in [0.3, 0.4) is 0 Å². The minimum absolute atomic E-state index is 0.872. The number of amides is 3. The third-order valence-electron chi connectivity index (χ3n) is 19.9. The van der Waals surface area contributed by atoms with Crippen LogP contribution in [0.4, 0.5) is 0 Å². The third kappa shape index (κ3) is 19.7. The van der Waals surface area contributed by atoms with Crippen molar-refractivity contribution in [2.45, 2.75) is 297 Å². The smallest absolute Gasteiger partial charge is 0.217 e. The van der Waals surface area contributed by atoms with Gasteiger partial charge in [0.2, 0.25) is 17.7 Å². The Labute approximate surface area is 616 Å². The quantitative estimate of drug-likeness (QED) is 0.0346. The van der Waals surface area contributed by atoms with E-state index in [9.17, 15) is 147 Å². The lowest BCUT2D eigenvalue weighted by Gasteiger charge is -2.50. The van der Waals surface area contributed by atoms with Gasteiger partial charge in [-0.1, -0.05) is 0 Å². The number of carbonyl (C=O) groups is 3. The highest BCUT2D eigenvalue weighted by atomic mass is 16.8. The minimum atomic E-state index is -2.45. The molecule has 9 saturated heterocycles. The van der Waals surface area contributed by atoms with E-state index in [1.54, 1.807) is 0 Å². The third-order valence-corrected chi connectivity index (χ3v) is 19.9. The molecule has 0 bridgehead atoms. The molecule has 9 rings (SSSR count). The maximum Gasteiger partial charge on any atom is 0.217 e. The number of hydrogen-bond donors (Lipinski definition) is 29. The summed E-state index contributed by atoms with van der Waals surface area (Å²) in [5.74, 6) is -2.74. The molecule has 9 fully saturated rings. The summed E-state index contributed by atoms with van der Waals surface area (Å²) >= 11 is 0. The van der Waals surface area contributed by atoms with Crippen molar-refractivity contribution >= 4 is 17.7 Å². The Morgan fingerprint density at radius 3 is 0.844 bits per heavy atom. The number of rotatable bonds is 28. The Balaban J connectivity index is 0.983. The predicted molar refractivity (Wildman–Crippen MR) is 332 cm³/mol. The van der Waals surface area contributed by atoms with Crippen LogP contribution in [0.5, 0.6) is 0 Å². The van der Waals surface area contributed by atoms with Crippen molar-refractivity contribution in [1.29, 1.82) is 0 Å². The Kier molecular flexibility index (Phi) is 32.1. The van der Waals surface area contributed by atoms with Crippen molar-refractivity contribution in [1.82, 2.24) is 16.0 Å². The van der Waals surface area contributed by atoms with Gasteiger partial charge in [-0.3, -0.25) is 14.4 Å². The van der Waals surface area contributed by atoms with Crippen molar-refractivity contribution in [2.75, 3.05) is 59.5 Å². The average Bonchev–Trinajstić information content (AvgIpc) is 0.744. The molecule has 0 aromatic carbocycles. The molecule has 0 saturated carbocycles. The zero-order valence-electron chi connectivity index (χ0n) is 58.1. The highest BCUT2D eigenvalue weighted by Gasteiger charge is 2.60. The number of carbonyl (C=O) groups excluding carboxylic acids is 3. The van der Waals surface area contributed by atoms with E-state index in [1.807, 2.05) is 0 Å². The minimum Gasteiger partial charge on any atom is -0.394 e. The van der Waals surface area contributed by atoms with E-state index in [1.165, 1.54) is 0 Å². The van der Waals surface area contributed by atoms with Gasteiger partial charge in [0.25, 0.3) is 0 Å². The van der Waals surface area contributed by atoms with Gasteiger partial charge >= 0.3 is 0 Å². The van der Waals surface area contributed by atoms with Gasteiger partial charge in [-0.2, -0.15) is 0 Å². The van der Waals surface area contributed by atoms with Crippen molar-refractivity contribution in [3.63, 3.8) is 0 Å². The summed E-state index contributed by atoms with van der Waals surface area (Å²) in [6.45, 7) is -6.47. The molecular formula is C60H101N3O46. The van der Waals surface area contributed by atoms with E-state index in [0.717, 1.165) is 20.8 Å². The van der Waals surface area contributed by atoms with E-state index < -0.39 is 353 Å². The molecule has 632 valence electrons. The molecule has 9 heterocycles. The van der Waals surface area contributed by atoms with Crippen molar-refractivity contribution in [2.24, 2.45) is 0 Å². The van der Waals surface area contributed by atoms with E-state index in [-0.39, 0.29) is 0 Å². The number of aliphatic hydroxyl groups is 26. The van der Waals surface area contributed by atoms with Crippen LogP contribution in [-0.2, 0) is 94.9 Å². The number of aliphatic hydroxyl groups excluding tert-OH is 26. The normalized spacial score (nSPS) is 50.0. The van der Waals surface area contributed by atoms with E-state index in [2.05, 4.69) is 16.0 Å². The van der Waals surface area contributed by atoms with Gasteiger partial charge in [0.1, 0.15) is 220 Å². The molecule has 49 heteroatoms. The first-order valence-electron chi connectivity index (χ1n) is 34.6. The van der Waals surface area contributed by atoms with E-state index in [0.29, 0.717) is 0 Å². The number of ether oxygens (including phenoxy) is 17. The second-order valence-corrected chi connectivity index (χ2v) is 27.5. The molecule has 9 aliphatic rings. The Hall–Kier alpha value is -3.31. The zero-order chi connectivity index (χ0) is 80.2. The molecule has 9 aliphatic heterocycles. The molecule has 45 atom stereocenters. The van der Waals surface area contributed by atoms with Crippen LogP contribution in [0.25, 0.3) is 0 Å². The van der Waals surface area contributed by atoms with Crippen molar-refractivity contribution in [3.8, 4) is 0 Å². The molecule has 0 aromatic heterocycles. The van der Waals surface area contributed by atoms with Crippen LogP contribution in [0, 0.1) is 0 Å². The molecule has 1 unspecified atom stereocenters.